The molecule has 1 unspecified atom stereocenters. The van der Waals surface area contributed by atoms with Crippen LogP contribution in [0.1, 0.15) is 46.5 Å². The number of hydrogen-bond acceptors (Lipinski definition) is 4. The van der Waals surface area contributed by atoms with Crippen LogP contribution in [0.2, 0.25) is 0 Å². The van der Waals surface area contributed by atoms with Gasteiger partial charge < -0.3 is 9.52 Å². The van der Waals surface area contributed by atoms with Crippen LogP contribution >= 0.6 is 0 Å². The minimum Gasteiger partial charge on any atom is -0.474 e. The minimum atomic E-state index is -1.18. The summed E-state index contributed by atoms with van der Waals surface area (Å²) >= 11 is 0. The predicted molar refractivity (Wildman–Crippen MR) is 62.5 cm³/mol. The highest BCUT2D eigenvalue weighted by molar-refractivity contribution is 5.81. The van der Waals surface area contributed by atoms with E-state index in [0.29, 0.717) is 5.89 Å². The van der Waals surface area contributed by atoms with E-state index in [0.717, 1.165) is 19.3 Å². The lowest BCUT2D eigenvalue weighted by Crippen LogP contribution is -2.11. The van der Waals surface area contributed by atoms with E-state index >= 15 is 0 Å². The monoisotopic (exact) mass is 244 g/mol. The molecule has 1 aliphatic carbocycles. The van der Waals surface area contributed by atoms with Crippen LogP contribution in [0.15, 0.2) is 28.7 Å². The highest BCUT2D eigenvalue weighted by Crippen LogP contribution is 2.35. The molecular weight excluding hydrogens is 232 g/mol. The highest BCUT2D eigenvalue weighted by Gasteiger charge is 2.27. The maximum atomic E-state index is 10.7. The van der Waals surface area contributed by atoms with Crippen LogP contribution in [0.5, 0.6) is 0 Å². The molecule has 0 bridgehead atoms. The van der Waals surface area contributed by atoms with Gasteiger partial charge >= 0.3 is 11.9 Å². The van der Waals surface area contributed by atoms with Gasteiger partial charge in [0.05, 0.1) is 5.92 Å². The molecule has 1 aliphatic rings. The summed E-state index contributed by atoms with van der Waals surface area (Å²) in [5.41, 5.74) is 2.45. The van der Waals surface area contributed by atoms with Crippen LogP contribution in [0.4, 0.5) is 0 Å². The third-order valence-corrected chi connectivity index (χ3v) is 3.29. The summed E-state index contributed by atoms with van der Waals surface area (Å²) in [5.74, 6) is -1.10. The maximum absolute atomic E-state index is 10.7. The molecule has 1 atom stereocenters. The van der Waals surface area contributed by atoms with Crippen LogP contribution in [0.3, 0.4) is 0 Å². The molecule has 18 heavy (non-hydrogen) atoms. The number of aryl methyl sites for hydroxylation is 1. The van der Waals surface area contributed by atoms with Crippen molar-refractivity contribution in [2.45, 2.75) is 25.2 Å². The zero-order valence-corrected chi connectivity index (χ0v) is 9.67. The van der Waals surface area contributed by atoms with Gasteiger partial charge in [-0.05, 0) is 30.4 Å². The Balaban J connectivity index is 2.00. The molecule has 2 aromatic rings. The molecule has 92 valence electrons. The lowest BCUT2D eigenvalue weighted by Gasteiger charge is -2.22. The first-order valence-electron chi connectivity index (χ1n) is 5.90. The number of carboxylic acids is 1. The minimum absolute atomic E-state index is 0.0237. The number of carboxylic acid groups (broad SMARTS) is 1. The molecule has 0 fully saturated rings. The number of hydrogen-bond donors (Lipinski definition) is 1. The van der Waals surface area contributed by atoms with Crippen molar-refractivity contribution in [1.82, 2.24) is 10.2 Å². The number of benzene rings is 1. The van der Waals surface area contributed by atoms with Gasteiger partial charge in [-0.3, -0.25) is 0 Å². The fourth-order valence-corrected chi connectivity index (χ4v) is 2.47. The lowest BCUT2D eigenvalue weighted by atomic mass is 9.83. The van der Waals surface area contributed by atoms with E-state index in [4.69, 9.17) is 9.52 Å². The van der Waals surface area contributed by atoms with Crippen molar-refractivity contribution in [2.75, 3.05) is 0 Å². The number of carbonyl (C=O) groups is 1. The molecular formula is C13H12N2O3. The van der Waals surface area contributed by atoms with Crippen molar-refractivity contribution in [3.8, 4) is 0 Å². The summed E-state index contributed by atoms with van der Waals surface area (Å²) in [6.07, 6.45) is 3.01. The van der Waals surface area contributed by atoms with Crippen molar-refractivity contribution in [1.29, 1.82) is 0 Å². The molecule has 5 heteroatoms. The van der Waals surface area contributed by atoms with E-state index in [1.54, 1.807) is 0 Å². The first-order valence-corrected chi connectivity index (χ1v) is 5.90. The Morgan fingerprint density at radius 3 is 2.94 bits per heavy atom. The third kappa shape index (κ3) is 1.77. The summed E-state index contributed by atoms with van der Waals surface area (Å²) in [6, 6.07) is 8.13. The fraction of sp³-hybridized carbons (Fsp3) is 0.308. The first kappa shape index (κ1) is 11.0. The van der Waals surface area contributed by atoms with Crippen molar-refractivity contribution < 1.29 is 14.3 Å². The molecule has 1 aromatic carbocycles. The SMILES string of the molecule is O=C(O)c1nnc(C2CCCc3ccccc32)o1. The molecule has 0 aliphatic heterocycles. The van der Waals surface area contributed by atoms with Crippen LogP contribution in [0, 0.1) is 0 Å². The molecule has 0 saturated carbocycles. The van der Waals surface area contributed by atoms with E-state index in [2.05, 4.69) is 16.3 Å². The van der Waals surface area contributed by atoms with Crippen LogP contribution in [-0.2, 0) is 6.42 Å². The van der Waals surface area contributed by atoms with Gasteiger partial charge in [0.2, 0.25) is 5.89 Å². The zero-order valence-electron chi connectivity index (χ0n) is 9.67. The van der Waals surface area contributed by atoms with E-state index in [9.17, 15) is 4.79 Å². The zero-order chi connectivity index (χ0) is 12.5. The summed E-state index contributed by atoms with van der Waals surface area (Å²) in [6.45, 7) is 0. The Bertz CT molecular complexity index is 591. The predicted octanol–water partition coefficient (Wildman–Crippen LogP) is 2.24. The van der Waals surface area contributed by atoms with Crippen LogP contribution < -0.4 is 0 Å². The Morgan fingerprint density at radius 2 is 2.17 bits per heavy atom. The molecule has 3 rings (SSSR count). The van der Waals surface area contributed by atoms with Crippen molar-refractivity contribution in [3.05, 3.63) is 47.2 Å². The second-order valence-electron chi connectivity index (χ2n) is 4.39. The molecule has 0 amide bonds. The lowest BCUT2D eigenvalue weighted by molar-refractivity contribution is 0.0651. The van der Waals surface area contributed by atoms with E-state index in [1.807, 2.05) is 18.2 Å². The van der Waals surface area contributed by atoms with Crippen LogP contribution in [-0.4, -0.2) is 21.3 Å². The second-order valence-corrected chi connectivity index (χ2v) is 4.39. The van der Waals surface area contributed by atoms with Gasteiger partial charge in [-0.15, -0.1) is 10.2 Å². The summed E-state index contributed by atoms with van der Waals surface area (Å²) in [7, 11) is 0. The highest BCUT2D eigenvalue weighted by atomic mass is 16.4. The smallest absolute Gasteiger partial charge is 0.393 e. The molecule has 5 nitrogen and oxygen atoms in total. The number of aromatic nitrogens is 2. The largest absolute Gasteiger partial charge is 0.474 e. The average Bonchev–Trinajstić information content (AvgIpc) is 2.87. The summed E-state index contributed by atoms with van der Waals surface area (Å²) < 4.78 is 5.22. The van der Waals surface area contributed by atoms with Gasteiger partial charge in [0, 0.05) is 0 Å². The Morgan fingerprint density at radius 1 is 1.33 bits per heavy atom. The number of fused-ring (bicyclic) bond motifs is 1. The molecule has 0 saturated heterocycles. The average molecular weight is 244 g/mol. The van der Waals surface area contributed by atoms with Gasteiger partial charge in [-0.1, -0.05) is 24.3 Å². The molecule has 0 spiro atoms. The Hall–Kier alpha value is -2.17. The number of aromatic carboxylic acids is 1. The van der Waals surface area contributed by atoms with Crippen molar-refractivity contribution in [3.63, 3.8) is 0 Å². The molecule has 0 radical (unpaired) electrons. The van der Waals surface area contributed by atoms with Gasteiger partial charge in [0.25, 0.3) is 0 Å². The third-order valence-electron chi connectivity index (χ3n) is 3.29. The summed E-state index contributed by atoms with van der Waals surface area (Å²) in [4.78, 5) is 10.7. The van der Waals surface area contributed by atoms with Crippen molar-refractivity contribution in [2.24, 2.45) is 0 Å². The fourth-order valence-electron chi connectivity index (χ4n) is 2.47. The van der Waals surface area contributed by atoms with Crippen LogP contribution in [0.25, 0.3) is 0 Å². The molecule has 1 N–H and O–H groups in total. The van der Waals surface area contributed by atoms with E-state index in [-0.39, 0.29) is 11.8 Å². The second kappa shape index (κ2) is 4.25. The Kier molecular flexibility index (Phi) is 2.59. The Labute approximate surface area is 103 Å². The van der Waals surface area contributed by atoms with Gasteiger partial charge in [0.1, 0.15) is 0 Å². The number of nitrogens with zero attached hydrogens (tertiary/aromatic N) is 2. The van der Waals surface area contributed by atoms with Gasteiger partial charge in [-0.25, -0.2) is 4.79 Å². The number of rotatable bonds is 2. The molecule has 1 aromatic heterocycles. The molecule has 1 heterocycles. The summed E-state index contributed by atoms with van der Waals surface area (Å²) in [5, 5.41) is 16.2. The maximum Gasteiger partial charge on any atom is 0.393 e. The van der Waals surface area contributed by atoms with E-state index in [1.165, 1.54) is 11.1 Å². The standard InChI is InChI=1S/C13H12N2O3/c16-13(17)12-15-14-11(18-12)10-7-3-5-8-4-1-2-6-9(8)10/h1-2,4,6,10H,3,5,7H2,(H,16,17). The quantitative estimate of drug-likeness (QED) is 0.876. The normalized spacial score (nSPS) is 18.3. The van der Waals surface area contributed by atoms with Crippen molar-refractivity contribution >= 4 is 5.97 Å². The van der Waals surface area contributed by atoms with Gasteiger partial charge in [0.15, 0.2) is 0 Å². The van der Waals surface area contributed by atoms with E-state index < -0.39 is 5.97 Å². The topological polar surface area (TPSA) is 76.2 Å². The first-order chi connectivity index (χ1) is 8.75. The van der Waals surface area contributed by atoms with Gasteiger partial charge in [-0.2, -0.15) is 0 Å².